The molecule has 0 saturated carbocycles. The number of terminal acetylenes is 1. The van der Waals surface area contributed by atoms with Gasteiger partial charge >= 0.3 is 0 Å². The third-order valence-corrected chi connectivity index (χ3v) is 4.28. The Morgan fingerprint density at radius 1 is 1.21 bits per heavy atom. The van der Waals surface area contributed by atoms with Crippen LogP contribution in [0.2, 0.25) is 5.15 Å². The topological polar surface area (TPSA) is 60.7 Å². The molecule has 118 valence electrons. The van der Waals surface area contributed by atoms with Crippen LogP contribution in [0.4, 0.5) is 0 Å². The van der Waals surface area contributed by atoms with Crippen LogP contribution in [-0.2, 0) is 0 Å². The second-order valence-corrected chi connectivity index (χ2v) is 5.95. The van der Waals surface area contributed by atoms with E-state index < -0.39 is 0 Å². The molecule has 0 N–H and O–H groups in total. The van der Waals surface area contributed by atoms with Crippen molar-refractivity contribution in [1.82, 2.24) is 19.7 Å². The zero-order chi connectivity index (χ0) is 16.9. The quantitative estimate of drug-likeness (QED) is 0.408. The van der Waals surface area contributed by atoms with Gasteiger partial charge in [-0.3, -0.25) is 4.79 Å². The fourth-order valence-electron chi connectivity index (χ4n) is 2.09. The molecule has 0 aliphatic heterocycles. The minimum atomic E-state index is -0.350. The summed E-state index contributed by atoms with van der Waals surface area (Å²) in [4.78, 5) is 17.0. The highest BCUT2D eigenvalue weighted by Gasteiger charge is 2.23. The van der Waals surface area contributed by atoms with Crippen LogP contribution >= 0.6 is 23.4 Å². The number of pyridine rings is 1. The summed E-state index contributed by atoms with van der Waals surface area (Å²) in [5.41, 5.74) is 1.05. The maximum absolute atomic E-state index is 13.0. The van der Waals surface area contributed by atoms with Crippen molar-refractivity contribution in [3.63, 3.8) is 0 Å². The van der Waals surface area contributed by atoms with E-state index >= 15 is 0 Å². The predicted molar refractivity (Wildman–Crippen MR) is 94.0 cm³/mol. The van der Waals surface area contributed by atoms with Crippen LogP contribution in [-0.4, -0.2) is 31.4 Å². The van der Waals surface area contributed by atoms with Gasteiger partial charge in [0.05, 0.1) is 11.3 Å². The van der Waals surface area contributed by atoms with E-state index in [0.29, 0.717) is 16.7 Å². The molecule has 3 rings (SSSR count). The molecule has 0 aliphatic carbocycles. The second kappa shape index (κ2) is 7.30. The molecular formula is C17H11ClN4OS. The van der Waals surface area contributed by atoms with Gasteiger partial charge in [-0.1, -0.05) is 59.6 Å². The minimum Gasteiger partial charge on any atom is -0.268 e. The molecule has 0 bridgehead atoms. The number of halogens is 1. The molecule has 2 aromatic heterocycles. The first-order valence-corrected chi connectivity index (χ1v) is 8.31. The second-order valence-electron chi connectivity index (χ2n) is 4.65. The van der Waals surface area contributed by atoms with Crippen molar-refractivity contribution in [2.75, 3.05) is 5.75 Å². The van der Waals surface area contributed by atoms with Gasteiger partial charge in [0.15, 0.2) is 11.0 Å². The molecule has 0 spiro atoms. The zero-order valence-electron chi connectivity index (χ0n) is 12.4. The van der Waals surface area contributed by atoms with Crippen LogP contribution in [0, 0.1) is 12.3 Å². The maximum atomic E-state index is 13.0. The highest BCUT2D eigenvalue weighted by Crippen LogP contribution is 2.26. The Labute approximate surface area is 148 Å². The van der Waals surface area contributed by atoms with Crippen LogP contribution in [0.25, 0.3) is 11.4 Å². The van der Waals surface area contributed by atoms with Crippen molar-refractivity contribution in [3.05, 3.63) is 59.4 Å². The average molecular weight is 355 g/mol. The Morgan fingerprint density at radius 2 is 2.00 bits per heavy atom. The molecule has 0 fully saturated rings. The van der Waals surface area contributed by atoms with Crippen LogP contribution in [0.3, 0.4) is 0 Å². The summed E-state index contributed by atoms with van der Waals surface area (Å²) in [6.07, 6.45) is 6.84. The zero-order valence-corrected chi connectivity index (χ0v) is 14.0. The Bertz CT molecular complexity index is 918. The minimum absolute atomic E-state index is 0.128. The molecule has 7 heteroatoms. The molecule has 0 radical (unpaired) electrons. The van der Waals surface area contributed by atoms with Gasteiger partial charge in [-0.05, 0) is 12.1 Å². The lowest BCUT2D eigenvalue weighted by atomic mass is 10.2. The maximum Gasteiger partial charge on any atom is 0.268 e. The Balaban J connectivity index is 2.13. The number of rotatable bonds is 4. The number of benzene rings is 1. The number of carbonyl (C=O) groups is 1. The van der Waals surface area contributed by atoms with Gasteiger partial charge in [0.25, 0.3) is 5.91 Å². The summed E-state index contributed by atoms with van der Waals surface area (Å²) in [6.45, 7) is 0. The Morgan fingerprint density at radius 3 is 2.71 bits per heavy atom. The lowest BCUT2D eigenvalue weighted by Gasteiger charge is -2.09. The molecule has 0 saturated heterocycles. The fourth-order valence-corrected chi connectivity index (χ4v) is 2.90. The fraction of sp³-hybridized carbons (Fsp3) is 0.0588. The summed E-state index contributed by atoms with van der Waals surface area (Å²) < 4.78 is 1.42. The van der Waals surface area contributed by atoms with Gasteiger partial charge in [-0.25, -0.2) is 9.55 Å². The van der Waals surface area contributed by atoms with Crippen molar-refractivity contribution in [2.45, 2.75) is 5.16 Å². The van der Waals surface area contributed by atoms with E-state index in [1.807, 2.05) is 30.3 Å². The Kier molecular flexibility index (Phi) is 4.94. The molecule has 0 aliphatic rings. The van der Waals surface area contributed by atoms with Gasteiger partial charge in [-0.15, -0.1) is 16.6 Å². The summed E-state index contributed by atoms with van der Waals surface area (Å²) in [6, 6.07) is 12.6. The molecular weight excluding hydrogens is 344 g/mol. The molecule has 0 unspecified atom stereocenters. The van der Waals surface area contributed by atoms with Crippen molar-refractivity contribution < 1.29 is 4.79 Å². The standard InChI is InChI=1S/C17H11ClN4OS/c1-2-11-24-17-21-20-15(12-7-4-3-5-8-12)22(17)16(23)13-9-6-10-19-14(13)18/h1,3-10H,11H2. The van der Waals surface area contributed by atoms with Gasteiger partial charge in [0.1, 0.15) is 5.15 Å². The molecule has 0 amide bonds. The van der Waals surface area contributed by atoms with Crippen molar-refractivity contribution in [1.29, 1.82) is 0 Å². The predicted octanol–water partition coefficient (Wildman–Crippen LogP) is 3.41. The normalized spacial score (nSPS) is 10.3. The smallest absolute Gasteiger partial charge is 0.268 e. The van der Waals surface area contributed by atoms with E-state index in [0.717, 1.165) is 5.56 Å². The number of hydrogen-bond donors (Lipinski definition) is 0. The van der Waals surface area contributed by atoms with Crippen molar-refractivity contribution in [3.8, 4) is 23.7 Å². The van der Waals surface area contributed by atoms with Crippen LogP contribution in [0.5, 0.6) is 0 Å². The summed E-state index contributed by atoms with van der Waals surface area (Å²) >= 11 is 7.33. The van der Waals surface area contributed by atoms with Gasteiger partial charge in [0, 0.05) is 11.8 Å². The first-order valence-electron chi connectivity index (χ1n) is 6.94. The molecule has 1 aromatic carbocycles. The van der Waals surface area contributed by atoms with Crippen LogP contribution < -0.4 is 0 Å². The van der Waals surface area contributed by atoms with E-state index in [4.69, 9.17) is 18.0 Å². The lowest BCUT2D eigenvalue weighted by Crippen LogP contribution is -2.15. The van der Waals surface area contributed by atoms with E-state index in [9.17, 15) is 4.79 Å². The monoisotopic (exact) mass is 354 g/mol. The first kappa shape index (κ1) is 16.2. The summed E-state index contributed by atoms with van der Waals surface area (Å²) in [7, 11) is 0. The highest BCUT2D eigenvalue weighted by molar-refractivity contribution is 7.99. The number of thioether (sulfide) groups is 1. The largest absolute Gasteiger partial charge is 0.268 e. The van der Waals surface area contributed by atoms with Gasteiger partial charge < -0.3 is 0 Å². The molecule has 24 heavy (non-hydrogen) atoms. The molecule has 2 heterocycles. The molecule has 0 atom stereocenters. The summed E-state index contributed by atoms with van der Waals surface area (Å²) in [5.74, 6) is 2.97. The average Bonchev–Trinajstić information content (AvgIpc) is 3.04. The SMILES string of the molecule is C#CCSc1nnc(-c2ccccc2)n1C(=O)c1cccnc1Cl. The molecule has 3 aromatic rings. The lowest BCUT2D eigenvalue weighted by molar-refractivity contribution is 0.0951. The van der Waals surface area contributed by atoms with Crippen LogP contribution in [0.1, 0.15) is 10.4 Å². The number of hydrogen-bond acceptors (Lipinski definition) is 5. The van der Waals surface area contributed by atoms with E-state index in [1.165, 1.54) is 22.5 Å². The Hall–Kier alpha value is -2.62. The summed E-state index contributed by atoms with van der Waals surface area (Å²) in [5, 5.41) is 8.80. The molecule has 5 nitrogen and oxygen atoms in total. The number of carbonyl (C=O) groups excluding carboxylic acids is 1. The number of nitrogens with zero attached hydrogens (tertiary/aromatic N) is 4. The third kappa shape index (κ3) is 3.18. The highest BCUT2D eigenvalue weighted by atomic mass is 35.5. The van der Waals surface area contributed by atoms with Crippen molar-refractivity contribution in [2.24, 2.45) is 0 Å². The van der Waals surface area contributed by atoms with E-state index in [1.54, 1.807) is 12.1 Å². The third-order valence-electron chi connectivity index (χ3n) is 3.14. The van der Waals surface area contributed by atoms with Gasteiger partial charge in [-0.2, -0.15) is 0 Å². The van der Waals surface area contributed by atoms with Gasteiger partial charge in [0.2, 0.25) is 0 Å². The number of aromatic nitrogens is 4. The van der Waals surface area contributed by atoms with Crippen LogP contribution in [0.15, 0.2) is 53.8 Å². The van der Waals surface area contributed by atoms with E-state index in [-0.39, 0.29) is 16.6 Å². The first-order chi connectivity index (χ1) is 11.7. The van der Waals surface area contributed by atoms with Crippen molar-refractivity contribution >= 4 is 29.3 Å². The van der Waals surface area contributed by atoms with E-state index in [2.05, 4.69) is 21.1 Å².